The molecule has 0 aromatic rings. The van der Waals surface area contributed by atoms with E-state index in [0.717, 1.165) is 25.5 Å². The summed E-state index contributed by atoms with van der Waals surface area (Å²) in [5.41, 5.74) is 0. The summed E-state index contributed by atoms with van der Waals surface area (Å²) in [4.78, 5) is 4.34. The van der Waals surface area contributed by atoms with Crippen LogP contribution in [0.25, 0.3) is 0 Å². The largest absolute Gasteiger partial charge is 0.481 e. The van der Waals surface area contributed by atoms with Gasteiger partial charge in [-0.05, 0) is 6.42 Å². The van der Waals surface area contributed by atoms with Gasteiger partial charge in [0.05, 0.1) is 6.61 Å². The molecule has 1 heterocycles. The van der Waals surface area contributed by atoms with E-state index in [2.05, 4.69) is 18.8 Å². The van der Waals surface area contributed by atoms with Crippen LogP contribution in [0.1, 0.15) is 47.0 Å². The monoisotopic (exact) mass is 185 g/mol. The van der Waals surface area contributed by atoms with E-state index in [1.807, 2.05) is 13.8 Å². The van der Waals surface area contributed by atoms with E-state index in [1.54, 1.807) is 0 Å². The van der Waals surface area contributed by atoms with Crippen molar-refractivity contribution < 1.29 is 4.74 Å². The Balaban J connectivity index is 0.000000671. The lowest BCUT2D eigenvalue weighted by Crippen LogP contribution is -2.20. The van der Waals surface area contributed by atoms with Crippen LogP contribution in [0.4, 0.5) is 0 Å². The molecule has 1 unspecified atom stereocenters. The lowest BCUT2D eigenvalue weighted by Gasteiger charge is -2.18. The summed E-state index contributed by atoms with van der Waals surface area (Å²) in [5.74, 6) is 1.59. The average molecular weight is 185 g/mol. The first kappa shape index (κ1) is 12.5. The molecule has 2 nitrogen and oxygen atoms in total. The van der Waals surface area contributed by atoms with Crippen LogP contribution in [0.15, 0.2) is 4.99 Å². The summed E-state index contributed by atoms with van der Waals surface area (Å²) in [5, 5.41) is 0. The molecule has 0 aromatic heterocycles. The molecule has 0 radical (unpaired) electrons. The van der Waals surface area contributed by atoms with Gasteiger partial charge in [-0.1, -0.05) is 34.1 Å². The van der Waals surface area contributed by atoms with Crippen LogP contribution >= 0.6 is 0 Å². The fourth-order valence-electron chi connectivity index (χ4n) is 1.07. The molecular weight excluding hydrogens is 162 g/mol. The quantitative estimate of drug-likeness (QED) is 0.661. The van der Waals surface area contributed by atoms with Gasteiger partial charge in [-0.2, -0.15) is 0 Å². The molecule has 0 aromatic carbocycles. The summed E-state index contributed by atoms with van der Waals surface area (Å²) in [7, 11) is 0. The zero-order valence-electron chi connectivity index (χ0n) is 9.47. The molecule has 1 rings (SSSR count). The normalized spacial score (nSPS) is 20.9. The molecule has 0 saturated carbocycles. The highest BCUT2D eigenvalue weighted by atomic mass is 16.5. The van der Waals surface area contributed by atoms with Gasteiger partial charge in [-0.25, -0.2) is 0 Å². The highest BCUT2D eigenvalue weighted by Crippen LogP contribution is 2.08. The van der Waals surface area contributed by atoms with E-state index in [1.165, 1.54) is 12.8 Å². The molecular formula is C11H23NO. The van der Waals surface area contributed by atoms with Crippen LogP contribution in [-0.4, -0.2) is 19.0 Å². The van der Waals surface area contributed by atoms with Gasteiger partial charge < -0.3 is 4.74 Å². The summed E-state index contributed by atoms with van der Waals surface area (Å²) >= 11 is 0. The van der Waals surface area contributed by atoms with Gasteiger partial charge in [0.25, 0.3) is 0 Å². The minimum absolute atomic E-state index is 0.611. The Bertz CT molecular complexity index is 143. The zero-order valence-corrected chi connectivity index (χ0v) is 9.47. The Morgan fingerprint density at radius 2 is 2.15 bits per heavy atom. The van der Waals surface area contributed by atoms with Crippen LogP contribution in [0.5, 0.6) is 0 Å². The van der Waals surface area contributed by atoms with Crippen molar-refractivity contribution in [1.82, 2.24) is 0 Å². The van der Waals surface area contributed by atoms with E-state index in [4.69, 9.17) is 4.74 Å². The Labute approximate surface area is 82.4 Å². The number of aliphatic imine (C=N–C) groups is 1. The van der Waals surface area contributed by atoms with Gasteiger partial charge in [0.1, 0.15) is 0 Å². The van der Waals surface area contributed by atoms with Crippen LogP contribution in [-0.2, 0) is 4.74 Å². The molecule has 0 amide bonds. The number of hydrogen-bond acceptors (Lipinski definition) is 2. The number of hydrogen-bond donors (Lipinski definition) is 0. The second kappa shape index (κ2) is 8.09. The van der Waals surface area contributed by atoms with Gasteiger partial charge in [0.2, 0.25) is 0 Å². The third kappa shape index (κ3) is 5.67. The maximum Gasteiger partial charge on any atom is 0.183 e. The molecule has 0 saturated heterocycles. The minimum Gasteiger partial charge on any atom is -0.481 e. The van der Waals surface area contributed by atoms with E-state index in [-0.39, 0.29) is 0 Å². The van der Waals surface area contributed by atoms with Crippen molar-refractivity contribution in [3.05, 3.63) is 0 Å². The number of ether oxygens (including phenoxy) is 1. The maximum atomic E-state index is 5.44. The van der Waals surface area contributed by atoms with E-state index < -0.39 is 0 Å². The number of rotatable bonds is 3. The Kier molecular flexibility index (Phi) is 7.76. The summed E-state index contributed by atoms with van der Waals surface area (Å²) in [6.45, 7) is 10.2. The summed E-state index contributed by atoms with van der Waals surface area (Å²) in [6.07, 6.45) is 3.45. The molecule has 0 N–H and O–H groups in total. The van der Waals surface area contributed by atoms with Crippen molar-refractivity contribution in [1.29, 1.82) is 0 Å². The third-order valence-electron chi connectivity index (χ3n) is 1.86. The Morgan fingerprint density at radius 3 is 2.62 bits per heavy atom. The van der Waals surface area contributed by atoms with Crippen molar-refractivity contribution in [2.45, 2.75) is 47.0 Å². The highest BCUT2D eigenvalue weighted by molar-refractivity contribution is 5.76. The molecule has 1 atom stereocenters. The molecule has 0 spiro atoms. The molecule has 0 fully saturated rings. The van der Waals surface area contributed by atoms with E-state index >= 15 is 0 Å². The standard InChI is InChI=1S/C9H17NO.C2H6/c1-3-4-5-9-10-6-8(2)7-11-9;1-2/h8H,3-7H2,1-2H3;1-2H3. The molecule has 1 aliphatic rings. The van der Waals surface area contributed by atoms with Crippen LogP contribution in [0.2, 0.25) is 0 Å². The lowest BCUT2D eigenvalue weighted by atomic mass is 10.2. The van der Waals surface area contributed by atoms with E-state index in [0.29, 0.717) is 5.92 Å². The summed E-state index contributed by atoms with van der Waals surface area (Å²) in [6, 6.07) is 0. The number of nitrogens with zero attached hydrogens (tertiary/aromatic N) is 1. The van der Waals surface area contributed by atoms with Crippen molar-refractivity contribution in [3.8, 4) is 0 Å². The SMILES string of the molecule is CC.CCCCC1=NCC(C)CO1. The second-order valence-corrected chi connectivity index (χ2v) is 3.25. The molecule has 0 aliphatic carbocycles. The minimum atomic E-state index is 0.611. The molecule has 2 heteroatoms. The second-order valence-electron chi connectivity index (χ2n) is 3.25. The van der Waals surface area contributed by atoms with Crippen LogP contribution in [0, 0.1) is 5.92 Å². The first-order valence-corrected chi connectivity index (χ1v) is 5.49. The smallest absolute Gasteiger partial charge is 0.183 e. The average Bonchev–Trinajstić information content (AvgIpc) is 2.20. The highest BCUT2D eigenvalue weighted by Gasteiger charge is 2.10. The van der Waals surface area contributed by atoms with Gasteiger partial charge >= 0.3 is 0 Å². The van der Waals surface area contributed by atoms with Crippen LogP contribution in [0.3, 0.4) is 0 Å². The first-order chi connectivity index (χ1) is 6.33. The van der Waals surface area contributed by atoms with Crippen molar-refractivity contribution in [3.63, 3.8) is 0 Å². The molecule has 1 aliphatic heterocycles. The van der Waals surface area contributed by atoms with E-state index in [9.17, 15) is 0 Å². The Hall–Kier alpha value is -0.530. The van der Waals surface area contributed by atoms with Gasteiger partial charge in [-0.15, -0.1) is 0 Å². The van der Waals surface area contributed by atoms with Crippen LogP contribution < -0.4 is 0 Å². The topological polar surface area (TPSA) is 21.6 Å². The fraction of sp³-hybridized carbons (Fsp3) is 0.909. The number of unbranched alkanes of at least 4 members (excludes halogenated alkanes) is 1. The predicted molar refractivity (Wildman–Crippen MR) is 58.3 cm³/mol. The third-order valence-corrected chi connectivity index (χ3v) is 1.86. The Morgan fingerprint density at radius 1 is 1.46 bits per heavy atom. The maximum absolute atomic E-state index is 5.44. The van der Waals surface area contributed by atoms with Crippen molar-refractivity contribution >= 4 is 5.90 Å². The van der Waals surface area contributed by atoms with Gasteiger partial charge in [0.15, 0.2) is 5.90 Å². The summed E-state index contributed by atoms with van der Waals surface area (Å²) < 4.78 is 5.44. The van der Waals surface area contributed by atoms with Gasteiger partial charge in [0, 0.05) is 18.9 Å². The molecule has 13 heavy (non-hydrogen) atoms. The molecule has 0 bridgehead atoms. The predicted octanol–water partition coefficient (Wildman–Crippen LogP) is 3.27. The molecule has 78 valence electrons. The lowest BCUT2D eigenvalue weighted by molar-refractivity contribution is 0.223. The van der Waals surface area contributed by atoms with Crippen molar-refractivity contribution in [2.75, 3.05) is 13.2 Å². The fourth-order valence-corrected chi connectivity index (χ4v) is 1.07. The first-order valence-electron chi connectivity index (χ1n) is 5.49. The van der Waals surface area contributed by atoms with Gasteiger partial charge in [-0.3, -0.25) is 4.99 Å². The zero-order chi connectivity index (χ0) is 10.1. The van der Waals surface area contributed by atoms with Crippen molar-refractivity contribution in [2.24, 2.45) is 10.9 Å².